The predicted molar refractivity (Wildman–Crippen MR) is 134 cm³/mol. The van der Waals surface area contributed by atoms with Crippen molar-refractivity contribution in [3.8, 4) is 58.7 Å². The van der Waals surface area contributed by atoms with Crippen LogP contribution in [0.15, 0.2) is 47.5 Å². The Morgan fingerprint density at radius 3 is 1.25 bits per heavy atom. The summed E-state index contributed by atoms with van der Waals surface area (Å²) >= 11 is 2.90. The lowest BCUT2D eigenvalue weighted by Gasteiger charge is -2.04. The van der Waals surface area contributed by atoms with Crippen LogP contribution in [-0.4, -0.2) is 0 Å². The van der Waals surface area contributed by atoms with Gasteiger partial charge < -0.3 is 0 Å². The molecule has 0 saturated heterocycles. The lowest BCUT2D eigenvalue weighted by Crippen LogP contribution is -1.87. The zero-order valence-electron chi connectivity index (χ0n) is 18.0. The minimum absolute atomic E-state index is 0.0217. The molecule has 0 amide bonds. The number of nitrogens with zero attached hydrogens (tertiary/aromatic N) is 6. The largest absolute Gasteiger partial charge is 0.192 e. The summed E-state index contributed by atoms with van der Waals surface area (Å²) in [6.07, 6.45) is 0. The zero-order chi connectivity index (χ0) is 25.1. The van der Waals surface area contributed by atoms with Crippen molar-refractivity contribution in [3.63, 3.8) is 0 Å². The quantitative estimate of drug-likeness (QED) is 0.226. The van der Waals surface area contributed by atoms with E-state index in [-0.39, 0.29) is 11.1 Å². The van der Waals surface area contributed by atoms with Crippen LogP contribution in [0.4, 0.5) is 0 Å². The third-order valence-corrected chi connectivity index (χ3v) is 8.88. The van der Waals surface area contributed by atoms with E-state index in [2.05, 4.69) is 12.1 Å². The van der Waals surface area contributed by atoms with Gasteiger partial charge in [0, 0.05) is 32.0 Å². The number of allylic oxidation sites excluding steroid dienone is 2. The SMILES string of the molecule is N#CC(C#N)=C1c2cc(C#N)ccc2-c2c1sc1c3c(sc21)C(=C(C#N)C#N)c1cc(C#N)ccc1-3. The summed E-state index contributed by atoms with van der Waals surface area (Å²) in [4.78, 5) is 1.58. The van der Waals surface area contributed by atoms with Gasteiger partial charge in [-0.2, -0.15) is 31.6 Å². The van der Waals surface area contributed by atoms with Crippen LogP contribution in [0.5, 0.6) is 0 Å². The van der Waals surface area contributed by atoms with Gasteiger partial charge in [0.25, 0.3) is 0 Å². The highest BCUT2D eigenvalue weighted by molar-refractivity contribution is 7.31. The van der Waals surface area contributed by atoms with Crippen molar-refractivity contribution >= 4 is 43.2 Å². The summed E-state index contributed by atoms with van der Waals surface area (Å²) in [6.45, 7) is 0. The molecule has 4 aromatic rings. The average molecular weight is 491 g/mol. The Morgan fingerprint density at radius 2 is 0.917 bits per heavy atom. The van der Waals surface area contributed by atoms with Crippen LogP contribution in [-0.2, 0) is 0 Å². The van der Waals surface area contributed by atoms with E-state index in [0.717, 1.165) is 41.4 Å². The highest BCUT2D eigenvalue weighted by Gasteiger charge is 2.37. The number of fused-ring (bicyclic) bond motifs is 9. The fourth-order valence-corrected chi connectivity index (χ4v) is 7.93. The van der Waals surface area contributed by atoms with Crippen LogP contribution in [0.3, 0.4) is 0 Å². The molecule has 0 spiro atoms. The molecule has 0 fully saturated rings. The first kappa shape index (κ1) is 21.1. The van der Waals surface area contributed by atoms with Crippen LogP contribution in [0, 0.1) is 68.0 Å². The molecule has 0 unspecified atom stereocenters. The van der Waals surface area contributed by atoms with Crippen molar-refractivity contribution in [2.24, 2.45) is 0 Å². The van der Waals surface area contributed by atoms with Gasteiger partial charge >= 0.3 is 0 Å². The summed E-state index contributed by atoms with van der Waals surface area (Å²) in [5.41, 5.74) is 6.65. The van der Waals surface area contributed by atoms with Crippen LogP contribution in [0.1, 0.15) is 32.0 Å². The Balaban J connectivity index is 1.77. The van der Waals surface area contributed by atoms with Crippen molar-refractivity contribution in [2.45, 2.75) is 0 Å². The van der Waals surface area contributed by atoms with Gasteiger partial charge in [-0.05, 0) is 46.5 Å². The van der Waals surface area contributed by atoms with E-state index in [0.29, 0.717) is 33.4 Å². The molecule has 0 radical (unpaired) electrons. The maximum Gasteiger partial charge on any atom is 0.138 e. The summed E-state index contributed by atoms with van der Waals surface area (Å²) in [6, 6.07) is 22.7. The Kier molecular flexibility index (Phi) is 4.40. The topological polar surface area (TPSA) is 143 Å². The van der Waals surface area contributed by atoms with Crippen molar-refractivity contribution in [3.05, 3.63) is 79.6 Å². The van der Waals surface area contributed by atoms with Gasteiger partial charge in [-0.1, -0.05) is 12.1 Å². The summed E-state index contributed by atoms with van der Waals surface area (Å²) in [5.74, 6) is 0. The fraction of sp³-hybridized carbons (Fsp3) is 0. The lowest BCUT2D eigenvalue weighted by atomic mass is 9.99. The molecule has 2 aliphatic carbocycles. The van der Waals surface area contributed by atoms with Gasteiger partial charge in [0.1, 0.15) is 35.4 Å². The predicted octanol–water partition coefficient (Wildman–Crippen LogP) is 6.37. The van der Waals surface area contributed by atoms with E-state index in [1.54, 1.807) is 24.3 Å². The van der Waals surface area contributed by atoms with Gasteiger partial charge in [0.2, 0.25) is 0 Å². The molecule has 8 heteroatoms. The maximum absolute atomic E-state index is 9.69. The first-order chi connectivity index (χ1) is 17.6. The third-order valence-electron chi connectivity index (χ3n) is 6.30. The molecule has 36 heavy (non-hydrogen) atoms. The first-order valence-electron chi connectivity index (χ1n) is 10.4. The van der Waals surface area contributed by atoms with Gasteiger partial charge in [-0.3, -0.25) is 0 Å². The van der Waals surface area contributed by atoms with Crippen LogP contribution >= 0.6 is 22.7 Å². The number of hydrogen-bond acceptors (Lipinski definition) is 8. The molecule has 0 bridgehead atoms. The van der Waals surface area contributed by atoms with Gasteiger partial charge in [0.05, 0.1) is 32.7 Å². The highest BCUT2D eigenvalue weighted by atomic mass is 32.1. The Hall–Kier alpha value is -5.48. The Morgan fingerprint density at radius 1 is 0.528 bits per heavy atom. The van der Waals surface area contributed by atoms with E-state index in [1.165, 1.54) is 22.7 Å². The molecule has 0 atom stereocenters. The monoisotopic (exact) mass is 490 g/mol. The van der Waals surface area contributed by atoms with Crippen molar-refractivity contribution in [1.82, 2.24) is 0 Å². The average Bonchev–Trinajstić information content (AvgIpc) is 3.61. The smallest absolute Gasteiger partial charge is 0.138 e. The van der Waals surface area contributed by atoms with E-state index in [4.69, 9.17) is 0 Å². The van der Waals surface area contributed by atoms with E-state index in [9.17, 15) is 31.6 Å². The molecule has 2 aromatic carbocycles. The second kappa shape index (κ2) is 7.52. The minimum Gasteiger partial charge on any atom is -0.192 e. The fourth-order valence-electron chi connectivity index (χ4n) is 4.87. The Bertz CT molecular complexity index is 1880. The molecule has 2 aromatic heterocycles. The summed E-state index contributed by atoms with van der Waals surface area (Å²) < 4.78 is 1.86. The lowest BCUT2D eigenvalue weighted by molar-refractivity contribution is 1.45. The van der Waals surface area contributed by atoms with E-state index < -0.39 is 0 Å². The first-order valence-corrected chi connectivity index (χ1v) is 12.0. The number of benzene rings is 2. The molecule has 6 rings (SSSR count). The van der Waals surface area contributed by atoms with Gasteiger partial charge in [-0.25, -0.2) is 0 Å². The molecule has 2 heterocycles. The highest BCUT2D eigenvalue weighted by Crippen LogP contribution is 2.61. The normalized spacial score (nSPS) is 11.6. The minimum atomic E-state index is -0.0217. The summed E-state index contributed by atoms with van der Waals surface area (Å²) in [7, 11) is 0. The standard InChI is InChI=1S/C28H6N6S2/c29-7-13-1-3-17-19(5-13)21(15(9-31)10-32)25-23(17)27-28(35-25)24-18-4-2-14(8-30)6-20(18)22(26(24)36-27)16(11-33)12-34/h1-6H. The maximum atomic E-state index is 9.69. The molecule has 2 aliphatic rings. The van der Waals surface area contributed by atoms with E-state index in [1.807, 2.05) is 36.4 Å². The molecule has 0 saturated carbocycles. The molecular weight excluding hydrogens is 484 g/mol. The van der Waals surface area contributed by atoms with Crippen LogP contribution in [0.25, 0.3) is 42.8 Å². The van der Waals surface area contributed by atoms with Gasteiger partial charge in [-0.15, -0.1) is 22.7 Å². The molecular formula is C28H6N6S2. The third kappa shape index (κ3) is 2.52. The molecule has 0 N–H and O–H groups in total. The van der Waals surface area contributed by atoms with Crippen molar-refractivity contribution in [2.75, 3.05) is 0 Å². The van der Waals surface area contributed by atoms with Gasteiger partial charge in [0.15, 0.2) is 0 Å². The number of rotatable bonds is 0. The second-order valence-corrected chi connectivity index (χ2v) is 10.0. The molecule has 160 valence electrons. The second-order valence-electron chi connectivity index (χ2n) is 7.96. The number of hydrogen-bond donors (Lipinski definition) is 0. The van der Waals surface area contributed by atoms with E-state index >= 15 is 0 Å². The van der Waals surface area contributed by atoms with Crippen molar-refractivity contribution < 1.29 is 0 Å². The van der Waals surface area contributed by atoms with Crippen molar-refractivity contribution in [1.29, 1.82) is 31.6 Å². The Labute approximate surface area is 212 Å². The van der Waals surface area contributed by atoms with Crippen LogP contribution in [0.2, 0.25) is 0 Å². The zero-order valence-corrected chi connectivity index (χ0v) is 19.6. The number of nitriles is 6. The summed E-state index contributed by atoms with van der Waals surface area (Å²) in [5, 5.41) is 57.6. The molecule has 0 aliphatic heterocycles. The molecule has 6 nitrogen and oxygen atoms in total. The number of thiophene rings is 2. The van der Waals surface area contributed by atoms with Crippen LogP contribution < -0.4 is 0 Å².